The van der Waals surface area contributed by atoms with Crippen LogP contribution in [0.25, 0.3) is 0 Å². The van der Waals surface area contributed by atoms with E-state index >= 15 is 0 Å². The van der Waals surface area contributed by atoms with E-state index in [-0.39, 0.29) is 22.0 Å². The summed E-state index contributed by atoms with van der Waals surface area (Å²) in [7, 11) is -4.17. The van der Waals surface area contributed by atoms with Crippen LogP contribution in [0, 0.1) is 13.8 Å². The molecule has 3 rings (SSSR count). The van der Waals surface area contributed by atoms with Crippen LogP contribution in [-0.2, 0) is 16.6 Å². The molecule has 0 aliphatic carbocycles. The van der Waals surface area contributed by atoms with E-state index in [2.05, 4.69) is 31.3 Å². The van der Waals surface area contributed by atoms with Crippen molar-refractivity contribution in [1.29, 1.82) is 0 Å². The number of amides is 1. The van der Waals surface area contributed by atoms with Gasteiger partial charge in [0.1, 0.15) is 11.4 Å². The lowest BCUT2D eigenvalue weighted by Gasteiger charge is -2.23. The van der Waals surface area contributed by atoms with Crippen LogP contribution < -0.4 is 14.4 Å². The summed E-state index contributed by atoms with van der Waals surface area (Å²) >= 11 is 3.50. The van der Waals surface area contributed by atoms with Crippen molar-refractivity contribution in [2.45, 2.75) is 45.6 Å². The minimum Gasteiger partial charge on any atom is -0.493 e. The van der Waals surface area contributed by atoms with Gasteiger partial charge in [-0.25, -0.2) is 13.1 Å². The first-order chi connectivity index (χ1) is 16.2. The molecular weight excluding hydrogens is 526 g/mol. The number of nitrogens with one attached hydrogen (secondary N) is 1. The van der Waals surface area contributed by atoms with Crippen LogP contribution in [0.3, 0.4) is 0 Å². The van der Waals surface area contributed by atoms with Gasteiger partial charge in [-0.15, -0.1) is 10.2 Å². The monoisotopic (exact) mass is 551 g/mol. The second-order valence-electron chi connectivity index (χ2n) is 7.48. The molecule has 0 aliphatic heterocycles. The van der Waals surface area contributed by atoms with Crippen LogP contribution >= 0.6 is 15.9 Å². The average Bonchev–Trinajstić information content (AvgIpc) is 3.15. The van der Waals surface area contributed by atoms with E-state index in [1.54, 1.807) is 6.07 Å². The highest BCUT2D eigenvalue weighted by molar-refractivity contribution is 9.10. The number of anilines is 1. The molecule has 0 atom stereocenters. The fourth-order valence-electron chi connectivity index (χ4n) is 3.28. The third kappa shape index (κ3) is 5.92. The first kappa shape index (κ1) is 25.6. The van der Waals surface area contributed by atoms with E-state index < -0.39 is 15.9 Å². The maximum Gasteiger partial charge on any atom is 0.285 e. The zero-order chi connectivity index (χ0) is 24.9. The van der Waals surface area contributed by atoms with E-state index in [4.69, 9.17) is 9.26 Å². The zero-order valence-corrected chi connectivity index (χ0v) is 21.7. The van der Waals surface area contributed by atoms with Gasteiger partial charge in [-0.2, -0.15) is 0 Å². The van der Waals surface area contributed by atoms with E-state index in [1.807, 2.05) is 41.7 Å². The molecule has 2 aromatic heterocycles. The molecule has 2 heterocycles. The van der Waals surface area contributed by atoms with E-state index in [1.165, 1.54) is 19.9 Å². The molecule has 0 aliphatic rings. The normalized spacial score (nSPS) is 11.3. The largest absolute Gasteiger partial charge is 0.493 e. The van der Waals surface area contributed by atoms with Gasteiger partial charge in [0.15, 0.2) is 22.2 Å². The Bertz CT molecular complexity index is 1240. The highest BCUT2D eigenvalue weighted by atomic mass is 79.9. The smallest absolute Gasteiger partial charge is 0.285 e. The third-order valence-corrected chi connectivity index (χ3v) is 6.97. The molecule has 1 amide bonds. The predicted octanol–water partition coefficient (Wildman–Crippen LogP) is 3.78. The molecule has 0 fully saturated rings. The SMILES string of the molecule is CCCOc1ccc(Br)cc1CN(CC)c1ccc(C(=O)NS(=O)(=O)c2c(C)noc2C)nn1. The standard InChI is InChI=1S/C22H26BrN5O5S/c1-5-11-32-19-9-7-17(23)12-16(19)13-28(6-2)20-10-8-18(24-25-20)22(29)27-34(30,31)21-14(3)26-33-15(21)4/h7-10,12H,5-6,11,13H2,1-4H3,(H,27,29). The molecule has 10 nitrogen and oxygen atoms in total. The number of aryl methyl sites for hydroxylation is 2. The summed E-state index contributed by atoms with van der Waals surface area (Å²) in [5, 5.41) is 11.7. The van der Waals surface area contributed by atoms with Gasteiger partial charge in [-0.1, -0.05) is 28.0 Å². The number of halogens is 1. The Labute approximate surface area is 206 Å². The van der Waals surface area contributed by atoms with Crippen LogP contribution in [0.2, 0.25) is 0 Å². The van der Waals surface area contributed by atoms with Gasteiger partial charge < -0.3 is 14.2 Å². The molecular formula is C22H26BrN5O5S. The van der Waals surface area contributed by atoms with Gasteiger partial charge in [-0.3, -0.25) is 4.79 Å². The molecule has 0 bridgehead atoms. The summed E-state index contributed by atoms with van der Waals surface area (Å²) in [5.74, 6) is 0.517. The number of sulfonamides is 1. The molecule has 0 radical (unpaired) electrons. The van der Waals surface area contributed by atoms with Gasteiger partial charge in [0, 0.05) is 23.1 Å². The summed E-state index contributed by atoms with van der Waals surface area (Å²) < 4.78 is 38.8. The predicted molar refractivity (Wildman–Crippen MR) is 129 cm³/mol. The topological polar surface area (TPSA) is 128 Å². The van der Waals surface area contributed by atoms with Crippen molar-refractivity contribution in [1.82, 2.24) is 20.1 Å². The fourth-order valence-corrected chi connectivity index (χ4v) is 4.98. The van der Waals surface area contributed by atoms with Gasteiger partial charge >= 0.3 is 0 Å². The lowest BCUT2D eigenvalue weighted by molar-refractivity contribution is 0.0975. The summed E-state index contributed by atoms with van der Waals surface area (Å²) in [6, 6.07) is 8.88. The van der Waals surface area contributed by atoms with Crippen LogP contribution in [0.5, 0.6) is 5.75 Å². The number of carbonyl (C=O) groups is 1. The summed E-state index contributed by atoms with van der Waals surface area (Å²) in [5.41, 5.74) is 0.996. The second-order valence-corrected chi connectivity index (χ2v) is 10.0. The molecule has 3 aromatic rings. The fraction of sp³-hybridized carbons (Fsp3) is 0.364. The Morgan fingerprint density at radius 1 is 1.18 bits per heavy atom. The Morgan fingerprint density at radius 2 is 1.94 bits per heavy atom. The second kappa shape index (κ2) is 11.0. The first-order valence-corrected chi connectivity index (χ1v) is 12.9. The highest BCUT2D eigenvalue weighted by Gasteiger charge is 2.27. The van der Waals surface area contributed by atoms with E-state index in [9.17, 15) is 13.2 Å². The zero-order valence-electron chi connectivity index (χ0n) is 19.3. The van der Waals surface area contributed by atoms with Crippen molar-refractivity contribution in [3.8, 4) is 5.75 Å². The number of aromatic nitrogens is 3. The molecule has 12 heteroatoms. The maximum atomic E-state index is 12.6. The van der Waals surface area contributed by atoms with Crippen molar-refractivity contribution in [3.05, 3.63) is 57.5 Å². The number of benzene rings is 1. The molecule has 0 spiro atoms. The Morgan fingerprint density at radius 3 is 2.53 bits per heavy atom. The Balaban J connectivity index is 1.76. The van der Waals surface area contributed by atoms with Crippen LogP contribution in [-0.4, -0.2) is 42.8 Å². The lowest BCUT2D eigenvalue weighted by Crippen LogP contribution is -2.32. The molecule has 0 saturated carbocycles. The average molecular weight is 552 g/mol. The number of hydrogen-bond acceptors (Lipinski definition) is 9. The van der Waals surface area contributed by atoms with Crippen LogP contribution in [0.1, 0.15) is 47.8 Å². The molecule has 0 unspecified atom stereocenters. The number of rotatable bonds is 10. The Kier molecular flexibility index (Phi) is 8.26. The van der Waals surface area contributed by atoms with Gasteiger partial charge in [-0.05, 0) is 57.5 Å². The van der Waals surface area contributed by atoms with Crippen molar-refractivity contribution in [3.63, 3.8) is 0 Å². The van der Waals surface area contributed by atoms with Crippen molar-refractivity contribution in [2.24, 2.45) is 0 Å². The molecule has 0 saturated heterocycles. The van der Waals surface area contributed by atoms with E-state index in [0.29, 0.717) is 25.5 Å². The number of nitrogens with zero attached hydrogens (tertiary/aromatic N) is 4. The first-order valence-electron chi connectivity index (χ1n) is 10.7. The van der Waals surface area contributed by atoms with Gasteiger partial charge in [0.2, 0.25) is 0 Å². The lowest BCUT2D eigenvalue weighted by atomic mass is 10.2. The maximum absolute atomic E-state index is 12.6. The number of ether oxygens (including phenoxy) is 1. The van der Waals surface area contributed by atoms with Crippen molar-refractivity contribution >= 4 is 37.7 Å². The molecule has 34 heavy (non-hydrogen) atoms. The van der Waals surface area contributed by atoms with Gasteiger partial charge in [0.05, 0.1) is 6.61 Å². The third-order valence-electron chi connectivity index (χ3n) is 4.90. The van der Waals surface area contributed by atoms with E-state index in [0.717, 1.165) is 22.2 Å². The minimum atomic E-state index is -4.17. The summed E-state index contributed by atoms with van der Waals surface area (Å²) in [4.78, 5) is 14.3. The Hall–Kier alpha value is -2.99. The molecule has 182 valence electrons. The minimum absolute atomic E-state index is 0.0904. The van der Waals surface area contributed by atoms with Crippen molar-refractivity contribution in [2.75, 3.05) is 18.1 Å². The highest BCUT2D eigenvalue weighted by Crippen LogP contribution is 2.26. The van der Waals surface area contributed by atoms with Crippen LogP contribution in [0.4, 0.5) is 5.82 Å². The molecule has 1 aromatic carbocycles. The quantitative estimate of drug-likeness (QED) is 0.400. The van der Waals surface area contributed by atoms with Crippen molar-refractivity contribution < 1.29 is 22.5 Å². The number of hydrogen-bond donors (Lipinski definition) is 1. The van der Waals surface area contributed by atoms with Gasteiger partial charge in [0.25, 0.3) is 15.9 Å². The number of carbonyl (C=O) groups excluding carboxylic acids is 1. The summed E-state index contributed by atoms with van der Waals surface area (Å²) in [6.45, 7) is 8.70. The molecule has 1 N–H and O–H groups in total. The summed E-state index contributed by atoms with van der Waals surface area (Å²) in [6.07, 6.45) is 0.897. The van der Waals surface area contributed by atoms with Crippen LogP contribution in [0.15, 0.2) is 44.2 Å².